The molecule has 0 fully saturated rings. The molecule has 104 valence electrons. The van der Waals surface area contributed by atoms with Crippen molar-refractivity contribution in [3.63, 3.8) is 0 Å². The van der Waals surface area contributed by atoms with Gasteiger partial charge in [-0.3, -0.25) is 4.79 Å². The highest BCUT2D eigenvalue weighted by Crippen LogP contribution is 2.21. The Hall–Kier alpha value is -2.04. The number of rotatable bonds is 6. The van der Waals surface area contributed by atoms with E-state index in [-0.39, 0.29) is 24.1 Å². The van der Waals surface area contributed by atoms with Crippen LogP contribution in [0.4, 0.5) is 0 Å². The van der Waals surface area contributed by atoms with E-state index in [4.69, 9.17) is 9.84 Å². The fraction of sp³-hybridized carbons (Fsp3) is 0.429. The minimum absolute atomic E-state index is 0.0996. The number of carbonyl (C=O) groups is 2. The molecule has 2 N–H and O–H groups in total. The summed E-state index contributed by atoms with van der Waals surface area (Å²) in [4.78, 5) is 22.5. The van der Waals surface area contributed by atoms with Gasteiger partial charge in [-0.1, -0.05) is 13.0 Å². The van der Waals surface area contributed by atoms with Gasteiger partial charge in [-0.15, -0.1) is 0 Å². The summed E-state index contributed by atoms with van der Waals surface area (Å²) in [6.07, 6.45) is 0.846. The van der Waals surface area contributed by atoms with Crippen LogP contribution in [0.5, 0.6) is 5.75 Å². The van der Waals surface area contributed by atoms with E-state index < -0.39 is 5.97 Å². The largest absolute Gasteiger partial charge is 0.483 e. The number of hydrogen-bond acceptors (Lipinski definition) is 3. The molecule has 0 aliphatic carbocycles. The van der Waals surface area contributed by atoms with Crippen molar-refractivity contribution in [2.24, 2.45) is 0 Å². The molecule has 1 amide bonds. The van der Waals surface area contributed by atoms with Gasteiger partial charge in [0.25, 0.3) is 5.91 Å². The first kappa shape index (κ1) is 15.0. The van der Waals surface area contributed by atoms with Gasteiger partial charge in [-0.05, 0) is 32.4 Å². The van der Waals surface area contributed by atoms with Crippen molar-refractivity contribution in [3.05, 3.63) is 29.3 Å². The maximum Gasteiger partial charge on any atom is 0.336 e. The second-order valence-corrected chi connectivity index (χ2v) is 4.40. The van der Waals surface area contributed by atoms with Crippen LogP contribution >= 0.6 is 0 Å². The highest BCUT2D eigenvalue weighted by Gasteiger charge is 2.12. The van der Waals surface area contributed by atoms with Crippen molar-refractivity contribution >= 4 is 11.9 Å². The second kappa shape index (κ2) is 6.78. The Balaban J connectivity index is 2.66. The van der Waals surface area contributed by atoms with Crippen LogP contribution in [-0.2, 0) is 4.79 Å². The third kappa shape index (κ3) is 4.28. The number of carboxylic acid groups (broad SMARTS) is 1. The monoisotopic (exact) mass is 265 g/mol. The van der Waals surface area contributed by atoms with E-state index >= 15 is 0 Å². The Labute approximate surface area is 112 Å². The van der Waals surface area contributed by atoms with Gasteiger partial charge in [0.2, 0.25) is 0 Å². The van der Waals surface area contributed by atoms with Crippen LogP contribution in [0.1, 0.15) is 36.2 Å². The van der Waals surface area contributed by atoms with E-state index in [1.165, 1.54) is 6.07 Å². The van der Waals surface area contributed by atoms with Gasteiger partial charge in [0.05, 0.1) is 5.56 Å². The van der Waals surface area contributed by atoms with Crippen LogP contribution < -0.4 is 10.1 Å². The molecule has 0 heterocycles. The number of aromatic carboxylic acids is 1. The molecule has 1 unspecified atom stereocenters. The molecule has 1 aromatic carbocycles. The van der Waals surface area contributed by atoms with Crippen molar-refractivity contribution in [1.29, 1.82) is 0 Å². The highest BCUT2D eigenvalue weighted by molar-refractivity contribution is 5.90. The second-order valence-electron chi connectivity index (χ2n) is 4.40. The average Bonchev–Trinajstić information content (AvgIpc) is 2.37. The van der Waals surface area contributed by atoms with Gasteiger partial charge in [-0.2, -0.15) is 0 Å². The zero-order valence-electron chi connectivity index (χ0n) is 11.4. The first-order valence-corrected chi connectivity index (χ1v) is 6.20. The van der Waals surface area contributed by atoms with Crippen LogP contribution in [0.3, 0.4) is 0 Å². The van der Waals surface area contributed by atoms with Crippen molar-refractivity contribution in [3.8, 4) is 5.75 Å². The standard InChI is InChI=1S/C14H19NO4/c1-4-9(2)15-13(16)8-19-12-7-5-6-11(10(12)3)14(17)18/h5-7,9H,4,8H2,1-3H3,(H,15,16)(H,17,18). The summed E-state index contributed by atoms with van der Waals surface area (Å²) in [5.74, 6) is -0.805. The molecule has 1 atom stereocenters. The molecule has 0 aliphatic heterocycles. The topological polar surface area (TPSA) is 75.6 Å². The first-order chi connectivity index (χ1) is 8.95. The molecule has 19 heavy (non-hydrogen) atoms. The van der Waals surface area contributed by atoms with E-state index in [1.54, 1.807) is 19.1 Å². The summed E-state index contributed by atoms with van der Waals surface area (Å²) in [5.41, 5.74) is 0.700. The van der Waals surface area contributed by atoms with Crippen molar-refractivity contribution in [1.82, 2.24) is 5.32 Å². The number of nitrogens with one attached hydrogen (secondary N) is 1. The van der Waals surface area contributed by atoms with E-state index in [9.17, 15) is 9.59 Å². The van der Waals surface area contributed by atoms with Crippen molar-refractivity contribution in [2.45, 2.75) is 33.2 Å². The third-order valence-electron chi connectivity index (χ3n) is 2.89. The number of carboxylic acids is 1. The quantitative estimate of drug-likeness (QED) is 0.824. The number of amides is 1. The van der Waals surface area contributed by atoms with Crippen LogP contribution in [0.25, 0.3) is 0 Å². The molecule has 1 aromatic rings. The number of ether oxygens (including phenoxy) is 1. The summed E-state index contributed by atoms with van der Waals surface area (Å²) in [6.45, 7) is 5.43. The zero-order valence-corrected chi connectivity index (χ0v) is 11.4. The molecule has 5 heteroatoms. The zero-order chi connectivity index (χ0) is 14.4. The van der Waals surface area contributed by atoms with Gasteiger partial charge in [0.1, 0.15) is 5.75 Å². The molecule has 0 spiro atoms. The van der Waals surface area contributed by atoms with Crippen molar-refractivity contribution in [2.75, 3.05) is 6.61 Å². The van der Waals surface area contributed by atoms with Crippen LogP contribution in [0, 0.1) is 6.92 Å². The fourth-order valence-electron chi connectivity index (χ4n) is 1.56. The number of carbonyl (C=O) groups excluding carboxylic acids is 1. The molecule has 0 saturated carbocycles. The lowest BCUT2D eigenvalue weighted by Crippen LogP contribution is -2.35. The number of hydrogen-bond donors (Lipinski definition) is 2. The molecule has 0 bridgehead atoms. The van der Waals surface area contributed by atoms with Gasteiger partial charge in [0.15, 0.2) is 6.61 Å². The lowest BCUT2D eigenvalue weighted by atomic mass is 10.1. The van der Waals surface area contributed by atoms with E-state index in [0.29, 0.717) is 11.3 Å². The van der Waals surface area contributed by atoms with Crippen LogP contribution in [0.15, 0.2) is 18.2 Å². The Morgan fingerprint density at radius 1 is 1.42 bits per heavy atom. The first-order valence-electron chi connectivity index (χ1n) is 6.20. The predicted molar refractivity (Wildman–Crippen MR) is 71.5 cm³/mol. The van der Waals surface area contributed by atoms with E-state index in [1.807, 2.05) is 13.8 Å². The Bertz CT molecular complexity index is 471. The fourth-order valence-corrected chi connectivity index (χ4v) is 1.56. The average molecular weight is 265 g/mol. The minimum atomic E-state index is -1.01. The van der Waals surface area contributed by atoms with E-state index in [0.717, 1.165) is 6.42 Å². The molecular weight excluding hydrogens is 246 g/mol. The van der Waals surface area contributed by atoms with Gasteiger partial charge in [-0.25, -0.2) is 4.79 Å². The number of benzene rings is 1. The maximum atomic E-state index is 11.6. The molecular formula is C14H19NO4. The summed E-state index contributed by atoms with van der Waals surface area (Å²) in [7, 11) is 0. The summed E-state index contributed by atoms with van der Waals surface area (Å²) < 4.78 is 5.36. The Morgan fingerprint density at radius 3 is 2.68 bits per heavy atom. The predicted octanol–water partition coefficient (Wildman–Crippen LogP) is 1.99. The molecule has 0 saturated heterocycles. The highest BCUT2D eigenvalue weighted by atomic mass is 16.5. The maximum absolute atomic E-state index is 11.6. The van der Waals surface area contributed by atoms with Crippen LogP contribution in [-0.4, -0.2) is 29.6 Å². The van der Waals surface area contributed by atoms with Gasteiger partial charge in [0, 0.05) is 11.6 Å². The molecule has 0 aromatic heterocycles. The summed E-state index contributed by atoms with van der Waals surface area (Å²) >= 11 is 0. The SMILES string of the molecule is CCC(C)NC(=O)COc1cccc(C(=O)O)c1C. The lowest BCUT2D eigenvalue weighted by Gasteiger charge is -2.13. The van der Waals surface area contributed by atoms with Gasteiger partial charge < -0.3 is 15.2 Å². The van der Waals surface area contributed by atoms with Gasteiger partial charge >= 0.3 is 5.97 Å². The Morgan fingerprint density at radius 2 is 2.11 bits per heavy atom. The normalized spacial score (nSPS) is 11.7. The molecule has 1 rings (SSSR count). The lowest BCUT2D eigenvalue weighted by molar-refractivity contribution is -0.123. The molecule has 5 nitrogen and oxygen atoms in total. The molecule has 0 radical (unpaired) electrons. The Kier molecular flexibility index (Phi) is 5.36. The van der Waals surface area contributed by atoms with Crippen LogP contribution in [0.2, 0.25) is 0 Å². The smallest absolute Gasteiger partial charge is 0.336 e. The van der Waals surface area contributed by atoms with E-state index in [2.05, 4.69) is 5.32 Å². The summed E-state index contributed by atoms with van der Waals surface area (Å²) in [5, 5.41) is 11.8. The summed E-state index contributed by atoms with van der Waals surface area (Å²) in [6, 6.07) is 4.85. The minimum Gasteiger partial charge on any atom is -0.483 e. The third-order valence-corrected chi connectivity index (χ3v) is 2.89. The van der Waals surface area contributed by atoms with Crippen molar-refractivity contribution < 1.29 is 19.4 Å². The molecule has 0 aliphatic rings.